The van der Waals surface area contributed by atoms with Gasteiger partial charge < -0.3 is 9.84 Å². The topological polar surface area (TPSA) is 85.2 Å². The molecule has 18 heavy (non-hydrogen) atoms. The Morgan fingerprint density at radius 3 is 2.94 bits per heavy atom. The van der Waals surface area contributed by atoms with Crippen LogP contribution in [0.25, 0.3) is 0 Å². The maximum absolute atomic E-state index is 10.5. The van der Waals surface area contributed by atoms with Crippen LogP contribution in [-0.4, -0.2) is 33.1 Å². The third-order valence-electron chi connectivity index (χ3n) is 2.51. The first-order valence-electron chi connectivity index (χ1n) is 6.26. The Bertz CT molecular complexity index is 371. The van der Waals surface area contributed by atoms with Gasteiger partial charge in [0, 0.05) is 6.42 Å². The number of carbonyl (C=O) groups is 1. The van der Waals surface area contributed by atoms with E-state index in [0.29, 0.717) is 24.5 Å². The number of carboxylic acids is 1. The van der Waals surface area contributed by atoms with Crippen molar-refractivity contribution in [3.05, 3.63) is 11.9 Å². The van der Waals surface area contributed by atoms with Gasteiger partial charge in [0.05, 0.1) is 19.2 Å². The highest BCUT2D eigenvalue weighted by atomic mass is 16.5. The van der Waals surface area contributed by atoms with Gasteiger partial charge >= 0.3 is 5.97 Å². The maximum Gasteiger partial charge on any atom is 0.303 e. The molecule has 0 unspecified atom stereocenters. The van der Waals surface area contributed by atoms with E-state index < -0.39 is 5.97 Å². The third kappa shape index (κ3) is 5.56. The van der Waals surface area contributed by atoms with E-state index in [4.69, 9.17) is 9.84 Å². The average molecular weight is 253 g/mol. The Balaban J connectivity index is 2.41. The van der Waals surface area contributed by atoms with Crippen molar-refractivity contribution in [2.45, 2.75) is 45.4 Å². The first-order valence-corrected chi connectivity index (χ1v) is 6.26. The number of nitrogens with zero attached hydrogens (tertiary/aromatic N) is 3. The highest BCUT2D eigenvalue weighted by Crippen LogP contribution is 2.15. The van der Waals surface area contributed by atoms with E-state index in [2.05, 4.69) is 22.3 Å². The number of aromatic nitrogens is 3. The number of aliphatic carboxylic acids is 1. The first kappa shape index (κ1) is 14.3. The molecule has 0 saturated carbocycles. The van der Waals surface area contributed by atoms with E-state index >= 15 is 0 Å². The van der Waals surface area contributed by atoms with E-state index in [1.54, 1.807) is 0 Å². The van der Waals surface area contributed by atoms with Crippen LogP contribution in [0.3, 0.4) is 0 Å². The summed E-state index contributed by atoms with van der Waals surface area (Å²) < 4.78 is 5.56. The summed E-state index contributed by atoms with van der Waals surface area (Å²) in [6.45, 7) is 2.76. The molecule has 0 saturated heterocycles. The second kappa shape index (κ2) is 8.38. The molecule has 1 heterocycles. The summed E-state index contributed by atoms with van der Waals surface area (Å²) in [5.41, 5.74) is 0.558. The standard InChI is InChI=1S/C12H19N3O3/c1-2-3-4-5-8-18-11-9-13-15-14-10(11)6-7-12(16)17/h9H,2-8H2,1H3,(H,16,17). The van der Waals surface area contributed by atoms with E-state index in [-0.39, 0.29) is 6.42 Å². The molecular formula is C12H19N3O3. The molecule has 1 N–H and O–H groups in total. The Morgan fingerprint density at radius 1 is 1.39 bits per heavy atom. The van der Waals surface area contributed by atoms with Gasteiger partial charge in [-0.3, -0.25) is 4.79 Å². The summed E-state index contributed by atoms with van der Waals surface area (Å²) in [5, 5.41) is 19.6. The molecule has 0 aromatic carbocycles. The number of hydrogen-bond donors (Lipinski definition) is 1. The highest BCUT2D eigenvalue weighted by molar-refractivity contribution is 5.67. The monoisotopic (exact) mass is 253 g/mol. The summed E-state index contributed by atoms with van der Waals surface area (Å²) in [5.74, 6) is -0.315. The molecular weight excluding hydrogens is 234 g/mol. The number of rotatable bonds is 9. The number of ether oxygens (including phenoxy) is 1. The number of carboxylic acid groups (broad SMARTS) is 1. The molecule has 0 aliphatic heterocycles. The van der Waals surface area contributed by atoms with Crippen LogP contribution in [0.2, 0.25) is 0 Å². The second-order valence-corrected chi connectivity index (χ2v) is 4.05. The predicted molar refractivity (Wildman–Crippen MR) is 65.4 cm³/mol. The summed E-state index contributed by atoms with van der Waals surface area (Å²) in [7, 11) is 0. The molecule has 0 bridgehead atoms. The molecule has 1 aromatic heterocycles. The Labute approximate surface area is 106 Å². The van der Waals surface area contributed by atoms with Gasteiger partial charge in [-0.2, -0.15) is 0 Å². The Kier molecular flexibility index (Phi) is 6.68. The van der Waals surface area contributed by atoms with Crippen molar-refractivity contribution in [1.82, 2.24) is 15.4 Å². The summed E-state index contributed by atoms with van der Waals surface area (Å²) in [6.07, 6.45) is 6.32. The fourth-order valence-corrected chi connectivity index (χ4v) is 1.51. The molecule has 6 nitrogen and oxygen atoms in total. The van der Waals surface area contributed by atoms with Gasteiger partial charge in [0.2, 0.25) is 0 Å². The lowest BCUT2D eigenvalue weighted by Crippen LogP contribution is -2.06. The van der Waals surface area contributed by atoms with Gasteiger partial charge in [-0.25, -0.2) is 0 Å². The lowest BCUT2D eigenvalue weighted by Gasteiger charge is -2.08. The zero-order chi connectivity index (χ0) is 13.2. The van der Waals surface area contributed by atoms with Crippen LogP contribution >= 0.6 is 0 Å². The van der Waals surface area contributed by atoms with Crippen molar-refractivity contribution < 1.29 is 14.6 Å². The summed E-state index contributed by atoms with van der Waals surface area (Å²) in [4.78, 5) is 10.5. The molecule has 0 aliphatic rings. The van der Waals surface area contributed by atoms with E-state index in [0.717, 1.165) is 12.8 Å². The van der Waals surface area contributed by atoms with Crippen molar-refractivity contribution >= 4 is 5.97 Å². The van der Waals surface area contributed by atoms with Gasteiger partial charge in [-0.05, 0) is 11.6 Å². The molecule has 0 amide bonds. The van der Waals surface area contributed by atoms with E-state index in [9.17, 15) is 4.79 Å². The fourth-order valence-electron chi connectivity index (χ4n) is 1.51. The van der Waals surface area contributed by atoms with Gasteiger partial charge in [0.25, 0.3) is 0 Å². The largest absolute Gasteiger partial charge is 0.490 e. The molecule has 1 aromatic rings. The molecule has 0 radical (unpaired) electrons. The minimum Gasteiger partial charge on any atom is -0.490 e. The zero-order valence-corrected chi connectivity index (χ0v) is 10.6. The number of unbranched alkanes of at least 4 members (excludes halogenated alkanes) is 3. The van der Waals surface area contributed by atoms with E-state index in [1.165, 1.54) is 19.0 Å². The van der Waals surface area contributed by atoms with Crippen LogP contribution in [0.4, 0.5) is 0 Å². The SMILES string of the molecule is CCCCCCOc1cnnnc1CCC(=O)O. The zero-order valence-electron chi connectivity index (χ0n) is 10.6. The van der Waals surface area contributed by atoms with Gasteiger partial charge in [-0.1, -0.05) is 26.2 Å². The number of hydrogen-bond acceptors (Lipinski definition) is 5. The highest BCUT2D eigenvalue weighted by Gasteiger charge is 2.08. The van der Waals surface area contributed by atoms with E-state index in [1.807, 2.05) is 0 Å². The lowest BCUT2D eigenvalue weighted by atomic mass is 10.2. The second-order valence-electron chi connectivity index (χ2n) is 4.05. The Morgan fingerprint density at radius 2 is 2.22 bits per heavy atom. The molecule has 0 spiro atoms. The maximum atomic E-state index is 10.5. The molecule has 0 aliphatic carbocycles. The first-order chi connectivity index (χ1) is 8.74. The fraction of sp³-hybridized carbons (Fsp3) is 0.667. The van der Waals surface area contributed by atoms with Crippen molar-refractivity contribution in [2.24, 2.45) is 0 Å². The Hall–Kier alpha value is -1.72. The minimum absolute atomic E-state index is 0.0187. The number of aryl methyl sites for hydroxylation is 1. The van der Waals surface area contributed by atoms with Gasteiger partial charge in [-0.15, -0.1) is 10.2 Å². The van der Waals surface area contributed by atoms with Crippen molar-refractivity contribution in [3.8, 4) is 5.75 Å². The molecule has 6 heteroatoms. The van der Waals surface area contributed by atoms with Crippen LogP contribution < -0.4 is 4.74 Å². The molecule has 100 valence electrons. The smallest absolute Gasteiger partial charge is 0.303 e. The molecule has 1 rings (SSSR count). The summed E-state index contributed by atoms with van der Waals surface area (Å²) >= 11 is 0. The average Bonchev–Trinajstić information content (AvgIpc) is 2.37. The predicted octanol–water partition coefficient (Wildman–Crippen LogP) is 1.85. The normalized spacial score (nSPS) is 10.3. The van der Waals surface area contributed by atoms with Crippen molar-refractivity contribution in [3.63, 3.8) is 0 Å². The van der Waals surface area contributed by atoms with Crippen LogP contribution in [0.5, 0.6) is 5.75 Å². The minimum atomic E-state index is -0.859. The lowest BCUT2D eigenvalue weighted by molar-refractivity contribution is -0.136. The van der Waals surface area contributed by atoms with Crippen LogP contribution in [0, 0.1) is 0 Å². The van der Waals surface area contributed by atoms with Crippen molar-refractivity contribution in [2.75, 3.05) is 6.61 Å². The summed E-state index contributed by atoms with van der Waals surface area (Å²) in [6, 6.07) is 0. The third-order valence-corrected chi connectivity index (χ3v) is 2.51. The van der Waals surface area contributed by atoms with Gasteiger partial charge in [0.15, 0.2) is 5.75 Å². The quantitative estimate of drug-likeness (QED) is 0.676. The van der Waals surface area contributed by atoms with Crippen LogP contribution in [-0.2, 0) is 11.2 Å². The van der Waals surface area contributed by atoms with Crippen LogP contribution in [0.15, 0.2) is 6.20 Å². The molecule has 0 atom stereocenters. The van der Waals surface area contributed by atoms with Gasteiger partial charge in [0.1, 0.15) is 5.69 Å². The van der Waals surface area contributed by atoms with Crippen LogP contribution in [0.1, 0.15) is 44.7 Å². The molecule has 0 fully saturated rings. The van der Waals surface area contributed by atoms with Crippen molar-refractivity contribution in [1.29, 1.82) is 0 Å².